The molecular formula is C39H50N4O2. The van der Waals surface area contributed by atoms with Gasteiger partial charge in [-0.15, -0.1) is 0 Å². The van der Waals surface area contributed by atoms with E-state index in [1.54, 1.807) is 0 Å². The fourth-order valence-electron chi connectivity index (χ4n) is 7.07. The molecule has 3 aromatic heterocycles. The number of aromatic nitrogens is 4. The summed E-state index contributed by atoms with van der Waals surface area (Å²) in [6.45, 7) is 21.2. The largest absolute Gasteiger partial charge is 0.478 e. The highest BCUT2D eigenvalue weighted by atomic mass is 16.4. The summed E-state index contributed by atoms with van der Waals surface area (Å²) in [4.78, 5) is 27.7. The van der Waals surface area contributed by atoms with E-state index in [1.807, 2.05) is 0 Å². The third-order valence-electron chi connectivity index (χ3n) is 9.09. The van der Waals surface area contributed by atoms with Gasteiger partial charge in [0.1, 0.15) is 0 Å². The summed E-state index contributed by atoms with van der Waals surface area (Å²) >= 11 is 0. The van der Waals surface area contributed by atoms with Crippen molar-refractivity contribution in [3.63, 3.8) is 0 Å². The maximum absolute atomic E-state index is 9.25. The van der Waals surface area contributed by atoms with E-state index in [4.69, 9.17) is 15.1 Å². The Morgan fingerprint density at radius 2 is 1.11 bits per heavy atom. The zero-order valence-electron chi connectivity index (χ0n) is 28.5. The maximum atomic E-state index is 9.25. The standard InChI is InChI=1S/C36H46N4.C3H4O2/c1-9-23-25(11-3)33-29(15-7)35-27(13-5)28(14-6)36(40-35)30(16-8)34-26(12-4)24(10-2)32(39-34)20-22-18-17-21(37-22)19-31(23)38-33;1-2-3(4)5/h17-20,37-38H,9-16H2,1-8H3;2H,1H2,(H,4,5). The summed E-state index contributed by atoms with van der Waals surface area (Å²) in [5.41, 5.74) is 20.3. The first kappa shape index (κ1) is 33.7. The molecule has 45 heavy (non-hydrogen) atoms. The van der Waals surface area contributed by atoms with Crippen LogP contribution in [0.4, 0.5) is 0 Å². The van der Waals surface area contributed by atoms with Crippen molar-refractivity contribution < 1.29 is 9.90 Å². The molecule has 3 aromatic rings. The molecule has 8 bridgehead atoms. The number of fused-ring (bicyclic) bond motifs is 8. The van der Waals surface area contributed by atoms with E-state index < -0.39 is 5.97 Å². The van der Waals surface area contributed by atoms with E-state index in [-0.39, 0.29) is 0 Å². The fraction of sp³-hybridized carbons (Fsp3) is 0.410. The molecule has 238 valence electrons. The average molecular weight is 607 g/mol. The van der Waals surface area contributed by atoms with Crippen LogP contribution in [0.1, 0.15) is 126 Å². The zero-order chi connectivity index (χ0) is 32.8. The minimum absolute atomic E-state index is 0.833. The van der Waals surface area contributed by atoms with Gasteiger partial charge in [0.25, 0.3) is 0 Å². The molecular weight excluding hydrogens is 556 g/mol. The summed E-state index contributed by atoms with van der Waals surface area (Å²) < 4.78 is 0. The molecule has 3 N–H and O–H groups in total. The Morgan fingerprint density at radius 1 is 0.644 bits per heavy atom. The lowest BCUT2D eigenvalue weighted by Gasteiger charge is -2.10. The second-order valence-electron chi connectivity index (χ2n) is 11.4. The van der Waals surface area contributed by atoms with Gasteiger partial charge in [0.05, 0.1) is 22.8 Å². The molecule has 2 aliphatic rings. The van der Waals surface area contributed by atoms with Crippen LogP contribution in [0.25, 0.3) is 44.4 Å². The van der Waals surface area contributed by atoms with Gasteiger partial charge in [-0.3, -0.25) is 0 Å². The van der Waals surface area contributed by atoms with Crippen molar-refractivity contribution in [1.29, 1.82) is 0 Å². The van der Waals surface area contributed by atoms with Crippen LogP contribution >= 0.6 is 0 Å². The first-order valence-corrected chi connectivity index (χ1v) is 16.8. The van der Waals surface area contributed by atoms with Crippen molar-refractivity contribution in [3.05, 3.63) is 81.9 Å². The van der Waals surface area contributed by atoms with Gasteiger partial charge in [0, 0.05) is 39.3 Å². The van der Waals surface area contributed by atoms with Gasteiger partial charge in [-0.2, -0.15) is 0 Å². The number of rotatable bonds is 9. The average Bonchev–Trinajstić information content (AvgIpc) is 3.81. The number of nitrogens with zero attached hydrogens (tertiary/aromatic N) is 2. The molecule has 0 saturated heterocycles. The summed E-state index contributed by atoms with van der Waals surface area (Å²) in [5.74, 6) is -0.981. The van der Waals surface area contributed by atoms with E-state index in [9.17, 15) is 4.79 Å². The number of aryl methyl sites for hydroxylation is 3. The lowest BCUT2D eigenvalue weighted by molar-refractivity contribution is -0.131. The Labute approximate surface area is 268 Å². The molecule has 0 aromatic carbocycles. The number of aromatic amines is 2. The first-order chi connectivity index (χ1) is 21.7. The van der Waals surface area contributed by atoms with E-state index in [1.165, 1.54) is 67.0 Å². The number of carboxylic acids is 1. The van der Waals surface area contributed by atoms with Crippen LogP contribution in [0, 0.1) is 0 Å². The molecule has 2 aliphatic heterocycles. The normalized spacial score (nSPS) is 12.8. The number of aliphatic carboxylic acids is 1. The molecule has 6 nitrogen and oxygen atoms in total. The number of hydrogen-bond acceptors (Lipinski definition) is 3. The molecule has 0 amide bonds. The predicted octanol–water partition coefficient (Wildman–Crippen LogP) is 10.3. The Hall–Kier alpha value is -4.19. The number of hydrogen-bond donors (Lipinski definition) is 3. The molecule has 5 rings (SSSR count). The highest BCUT2D eigenvalue weighted by Crippen LogP contribution is 2.42. The fourth-order valence-corrected chi connectivity index (χ4v) is 7.07. The van der Waals surface area contributed by atoms with Crippen LogP contribution in [0.15, 0.2) is 36.9 Å². The predicted molar refractivity (Wildman–Crippen MR) is 191 cm³/mol. The molecule has 0 unspecified atom stereocenters. The van der Waals surface area contributed by atoms with Gasteiger partial charge in [-0.1, -0.05) is 62.0 Å². The van der Waals surface area contributed by atoms with Gasteiger partial charge in [0.15, 0.2) is 0 Å². The van der Waals surface area contributed by atoms with Crippen molar-refractivity contribution in [1.82, 2.24) is 19.9 Å². The molecule has 0 saturated carbocycles. The summed E-state index contributed by atoms with van der Waals surface area (Å²) in [7, 11) is 0. The monoisotopic (exact) mass is 606 g/mol. The molecule has 5 heterocycles. The molecule has 6 heteroatoms. The van der Waals surface area contributed by atoms with E-state index in [0.29, 0.717) is 0 Å². The van der Waals surface area contributed by atoms with Crippen LogP contribution in [0.3, 0.4) is 0 Å². The van der Waals surface area contributed by atoms with E-state index in [0.717, 1.165) is 79.9 Å². The third kappa shape index (κ3) is 6.33. The van der Waals surface area contributed by atoms with Crippen molar-refractivity contribution in [3.8, 4) is 0 Å². The molecule has 0 fully saturated rings. The van der Waals surface area contributed by atoms with Gasteiger partial charge in [-0.05, 0) is 109 Å². The van der Waals surface area contributed by atoms with Crippen LogP contribution in [-0.2, 0) is 30.5 Å². The Balaban J connectivity index is 0.000000854. The third-order valence-corrected chi connectivity index (χ3v) is 9.09. The maximum Gasteiger partial charge on any atom is 0.327 e. The lowest BCUT2D eigenvalue weighted by Crippen LogP contribution is -1.98. The summed E-state index contributed by atoms with van der Waals surface area (Å²) in [6.07, 6.45) is 8.57. The first-order valence-electron chi connectivity index (χ1n) is 16.8. The van der Waals surface area contributed by atoms with Crippen LogP contribution in [0.5, 0.6) is 0 Å². The van der Waals surface area contributed by atoms with Crippen molar-refractivity contribution in [2.45, 2.75) is 107 Å². The number of carboxylic acid groups (broad SMARTS) is 1. The quantitative estimate of drug-likeness (QED) is 0.211. The van der Waals surface area contributed by atoms with Crippen LogP contribution < -0.4 is 0 Å². The molecule has 0 radical (unpaired) electrons. The Kier molecular flexibility index (Phi) is 11.0. The zero-order valence-corrected chi connectivity index (χ0v) is 28.5. The highest BCUT2D eigenvalue weighted by molar-refractivity contribution is 5.98. The second-order valence-corrected chi connectivity index (χ2v) is 11.4. The highest BCUT2D eigenvalue weighted by Gasteiger charge is 2.27. The van der Waals surface area contributed by atoms with Crippen molar-refractivity contribution in [2.24, 2.45) is 0 Å². The van der Waals surface area contributed by atoms with Gasteiger partial charge < -0.3 is 15.1 Å². The minimum atomic E-state index is -0.981. The second kappa shape index (κ2) is 14.7. The van der Waals surface area contributed by atoms with Crippen LogP contribution in [0.2, 0.25) is 0 Å². The summed E-state index contributed by atoms with van der Waals surface area (Å²) in [6, 6.07) is 8.89. The van der Waals surface area contributed by atoms with Crippen molar-refractivity contribution >= 4 is 50.3 Å². The van der Waals surface area contributed by atoms with Gasteiger partial charge in [0.2, 0.25) is 0 Å². The number of H-pyrrole nitrogens is 2. The molecule has 0 spiro atoms. The summed E-state index contributed by atoms with van der Waals surface area (Å²) in [5, 5.41) is 7.60. The minimum Gasteiger partial charge on any atom is -0.478 e. The van der Waals surface area contributed by atoms with E-state index >= 15 is 0 Å². The molecule has 0 atom stereocenters. The van der Waals surface area contributed by atoms with Crippen molar-refractivity contribution in [2.75, 3.05) is 0 Å². The number of nitrogens with one attached hydrogen (secondary N) is 2. The smallest absolute Gasteiger partial charge is 0.327 e. The van der Waals surface area contributed by atoms with E-state index in [2.05, 4.69) is 96.2 Å². The Morgan fingerprint density at radius 3 is 1.60 bits per heavy atom. The SMILES string of the molecule is C=CC(=O)O.CCC1=C(CC)c2nc1cc1ccc(cc3[nH]c(c(CC)c4nc(c2CC)C(CC)=C4CC)c(CC)c3CC)[nH]1. The molecule has 0 aliphatic carbocycles. The van der Waals surface area contributed by atoms with Gasteiger partial charge in [-0.25, -0.2) is 14.8 Å². The number of allylic oxidation sites excluding steroid dienone is 4. The number of carbonyl (C=O) groups is 1. The topological polar surface area (TPSA) is 94.7 Å². The van der Waals surface area contributed by atoms with Crippen LogP contribution in [-0.4, -0.2) is 31.0 Å². The lowest BCUT2D eigenvalue weighted by atomic mass is 9.92. The Bertz CT molecular complexity index is 1830. The van der Waals surface area contributed by atoms with Gasteiger partial charge >= 0.3 is 5.97 Å².